The van der Waals surface area contributed by atoms with Crippen LogP contribution in [0.5, 0.6) is 0 Å². The molecule has 0 saturated heterocycles. The molecule has 0 spiro atoms. The predicted octanol–water partition coefficient (Wildman–Crippen LogP) is 4.51. The third-order valence-electron chi connectivity index (χ3n) is 5.05. The van der Waals surface area contributed by atoms with Gasteiger partial charge in [-0.2, -0.15) is 4.57 Å². The molecule has 1 atom stereocenters. The summed E-state index contributed by atoms with van der Waals surface area (Å²) in [4.78, 5) is 12.6. The van der Waals surface area contributed by atoms with Crippen LogP contribution < -0.4 is 4.57 Å². The first-order valence-electron chi connectivity index (χ1n) is 8.51. The Bertz CT molecular complexity index is 1140. The highest BCUT2D eigenvalue weighted by Gasteiger charge is 2.37. The predicted molar refractivity (Wildman–Crippen MR) is 95.3 cm³/mol. The molecule has 126 valence electrons. The first-order chi connectivity index (χ1) is 12.7. The Morgan fingerprint density at radius 3 is 2.69 bits per heavy atom. The number of nitrogens with zero attached hydrogens (tertiary/aromatic N) is 1. The lowest BCUT2D eigenvalue weighted by Gasteiger charge is -2.05. The Balaban J connectivity index is 1.50. The number of aromatic nitrogens is 1. The number of furan rings is 1. The van der Waals surface area contributed by atoms with Crippen LogP contribution in [-0.2, 0) is 6.42 Å². The third kappa shape index (κ3) is 2.26. The second-order valence-corrected chi connectivity index (χ2v) is 6.56. The molecular formula is C22H15FNO2+. The van der Waals surface area contributed by atoms with E-state index >= 15 is 0 Å². The molecule has 0 aliphatic heterocycles. The molecular weight excluding hydrogens is 329 g/mol. The Morgan fingerprint density at radius 1 is 1.00 bits per heavy atom. The molecule has 0 N–H and O–H groups in total. The van der Waals surface area contributed by atoms with Gasteiger partial charge in [-0.3, -0.25) is 4.79 Å². The molecule has 2 heterocycles. The number of hydrogen-bond donors (Lipinski definition) is 0. The summed E-state index contributed by atoms with van der Waals surface area (Å²) < 4.78 is 20.9. The van der Waals surface area contributed by atoms with E-state index in [0.29, 0.717) is 12.0 Å². The summed E-state index contributed by atoms with van der Waals surface area (Å²) in [6.45, 7) is 0. The molecule has 0 fully saturated rings. The maximum absolute atomic E-state index is 13.4. The van der Waals surface area contributed by atoms with E-state index in [1.165, 1.54) is 12.1 Å². The van der Waals surface area contributed by atoms with Crippen molar-refractivity contribution in [2.75, 3.05) is 0 Å². The summed E-state index contributed by atoms with van der Waals surface area (Å²) in [5, 5.41) is 1.06. The summed E-state index contributed by atoms with van der Waals surface area (Å²) in [6.07, 6.45) is 6.01. The van der Waals surface area contributed by atoms with E-state index in [1.807, 2.05) is 53.4 Å². The minimum Gasteiger partial charge on any atom is -0.464 e. The van der Waals surface area contributed by atoms with Crippen LogP contribution >= 0.6 is 0 Å². The van der Waals surface area contributed by atoms with Crippen molar-refractivity contribution < 1.29 is 18.2 Å². The lowest BCUT2D eigenvalue weighted by molar-refractivity contribution is -0.706. The minimum atomic E-state index is -0.319. The number of carbonyl (C=O) groups excluding carboxylic acids is 1. The molecule has 2 aromatic carbocycles. The van der Waals surface area contributed by atoms with E-state index in [9.17, 15) is 9.18 Å². The summed E-state index contributed by atoms with van der Waals surface area (Å²) in [5.74, 6) is -0.269. The number of Topliss-reactive ketones (excluding diaryl/α,β-unsaturated/α-hetero) is 1. The fourth-order valence-electron chi connectivity index (χ4n) is 3.74. The average molecular weight is 344 g/mol. The lowest BCUT2D eigenvalue weighted by atomic mass is 10.0. The molecule has 2 aromatic heterocycles. The van der Waals surface area contributed by atoms with E-state index in [2.05, 4.69) is 0 Å². The van der Waals surface area contributed by atoms with Gasteiger partial charge in [0.05, 0.1) is 6.26 Å². The van der Waals surface area contributed by atoms with E-state index < -0.39 is 0 Å². The van der Waals surface area contributed by atoms with Crippen LogP contribution in [0.3, 0.4) is 0 Å². The van der Waals surface area contributed by atoms with Crippen molar-refractivity contribution in [1.29, 1.82) is 0 Å². The summed E-state index contributed by atoms with van der Waals surface area (Å²) in [5.41, 5.74) is 4.29. The van der Waals surface area contributed by atoms with Crippen LogP contribution in [-0.4, -0.2) is 5.78 Å². The maximum atomic E-state index is 13.4. The number of para-hydroxylation sites is 1. The van der Waals surface area contributed by atoms with Gasteiger partial charge in [-0.05, 0) is 35.4 Å². The van der Waals surface area contributed by atoms with E-state index in [0.717, 1.165) is 27.7 Å². The number of benzene rings is 2. The molecule has 4 heteroatoms. The van der Waals surface area contributed by atoms with Gasteiger partial charge in [-0.1, -0.05) is 18.2 Å². The number of rotatable bonds is 2. The van der Waals surface area contributed by atoms with Gasteiger partial charge in [-0.15, -0.1) is 0 Å². The summed E-state index contributed by atoms with van der Waals surface area (Å²) in [7, 11) is 0. The molecule has 0 radical (unpaired) electrons. The van der Waals surface area contributed by atoms with Crippen LogP contribution in [0.15, 0.2) is 77.7 Å². The fraction of sp³-hybridized carbons (Fsp3) is 0.0909. The zero-order valence-electron chi connectivity index (χ0n) is 13.9. The first-order valence-corrected chi connectivity index (χ1v) is 8.51. The highest BCUT2D eigenvalue weighted by molar-refractivity contribution is 6.02. The third-order valence-corrected chi connectivity index (χ3v) is 5.05. The quantitative estimate of drug-likeness (QED) is 0.502. The summed E-state index contributed by atoms with van der Waals surface area (Å²) in [6, 6.07) is 16.0. The van der Waals surface area contributed by atoms with Crippen LogP contribution in [0.25, 0.3) is 22.1 Å². The Labute approximate surface area is 149 Å². The van der Waals surface area contributed by atoms with E-state index in [4.69, 9.17) is 4.42 Å². The molecule has 0 amide bonds. The highest BCUT2D eigenvalue weighted by Crippen LogP contribution is 2.30. The molecule has 1 unspecified atom stereocenters. The Hall–Kier alpha value is -3.27. The normalized spacial score (nSPS) is 16.2. The fourth-order valence-corrected chi connectivity index (χ4v) is 3.74. The smallest absolute Gasteiger partial charge is 0.231 e. The molecule has 5 rings (SSSR count). The molecule has 1 aliphatic rings. The number of ketones is 1. The van der Waals surface area contributed by atoms with Gasteiger partial charge >= 0.3 is 0 Å². The standard InChI is InChI=1S/C22H15FNO2/c23-17-4-5-18-16(12-17)13-20(21(18)25)24-9-6-14(7-10-24)19-3-1-2-15-8-11-26-22(15)19/h1-12,20H,13H2/q+1. The van der Waals surface area contributed by atoms with Crippen molar-refractivity contribution in [3.63, 3.8) is 0 Å². The Morgan fingerprint density at radius 2 is 1.85 bits per heavy atom. The number of hydrogen-bond acceptors (Lipinski definition) is 2. The average Bonchev–Trinajstić information content (AvgIpc) is 3.26. The molecule has 3 nitrogen and oxygen atoms in total. The lowest BCUT2D eigenvalue weighted by Crippen LogP contribution is -2.42. The van der Waals surface area contributed by atoms with Gasteiger partial charge in [0.25, 0.3) is 0 Å². The van der Waals surface area contributed by atoms with E-state index in [-0.39, 0.29) is 17.6 Å². The van der Waals surface area contributed by atoms with Gasteiger partial charge in [0.1, 0.15) is 11.4 Å². The minimum absolute atomic E-state index is 0.0332. The van der Waals surface area contributed by atoms with E-state index in [1.54, 1.807) is 12.3 Å². The van der Waals surface area contributed by atoms with Crippen LogP contribution in [0.1, 0.15) is 22.0 Å². The second-order valence-electron chi connectivity index (χ2n) is 6.56. The topological polar surface area (TPSA) is 34.1 Å². The van der Waals surface area contributed by atoms with Crippen LogP contribution in [0, 0.1) is 5.82 Å². The molecule has 0 bridgehead atoms. The van der Waals surface area contributed by atoms with Gasteiger partial charge in [0, 0.05) is 35.1 Å². The van der Waals surface area contributed by atoms with Crippen molar-refractivity contribution in [2.24, 2.45) is 0 Å². The zero-order chi connectivity index (χ0) is 17.7. The SMILES string of the molecule is O=C1c2ccc(F)cc2CC1[n+]1ccc(-c2cccc3ccoc23)cc1. The van der Waals surface area contributed by atoms with Crippen LogP contribution in [0.4, 0.5) is 4.39 Å². The second kappa shape index (κ2) is 5.63. The van der Waals surface area contributed by atoms with Gasteiger partial charge in [0.2, 0.25) is 11.8 Å². The monoisotopic (exact) mass is 344 g/mol. The van der Waals surface area contributed by atoms with Gasteiger partial charge in [0.15, 0.2) is 12.4 Å². The molecule has 4 aromatic rings. The largest absolute Gasteiger partial charge is 0.464 e. The van der Waals surface area contributed by atoms with Crippen molar-refractivity contribution in [3.8, 4) is 11.1 Å². The first kappa shape index (κ1) is 15.0. The molecule has 26 heavy (non-hydrogen) atoms. The number of halogens is 1. The van der Waals surface area contributed by atoms with Gasteiger partial charge < -0.3 is 4.42 Å². The zero-order valence-corrected chi connectivity index (χ0v) is 13.9. The summed E-state index contributed by atoms with van der Waals surface area (Å²) >= 11 is 0. The van der Waals surface area contributed by atoms with Crippen molar-refractivity contribution in [2.45, 2.75) is 12.5 Å². The maximum Gasteiger partial charge on any atom is 0.231 e. The highest BCUT2D eigenvalue weighted by atomic mass is 19.1. The van der Waals surface area contributed by atoms with Crippen molar-refractivity contribution in [1.82, 2.24) is 0 Å². The van der Waals surface area contributed by atoms with Gasteiger partial charge in [-0.25, -0.2) is 4.39 Å². The van der Waals surface area contributed by atoms with Crippen molar-refractivity contribution >= 4 is 16.8 Å². The van der Waals surface area contributed by atoms with Crippen LogP contribution in [0.2, 0.25) is 0 Å². The molecule has 1 aliphatic carbocycles. The molecule has 0 saturated carbocycles. The number of carbonyl (C=O) groups is 1. The number of fused-ring (bicyclic) bond motifs is 2. The Kier molecular flexibility index (Phi) is 3.25. The van der Waals surface area contributed by atoms with Crippen molar-refractivity contribution in [3.05, 3.63) is 90.2 Å². The number of pyridine rings is 1.